The largest absolute Gasteiger partial charge is 0.478 e. The third kappa shape index (κ3) is 2.85. The van der Waals surface area contributed by atoms with Crippen LogP contribution >= 0.6 is 0 Å². The van der Waals surface area contributed by atoms with E-state index >= 15 is 0 Å². The summed E-state index contributed by atoms with van der Waals surface area (Å²) in [5.41, 5.74) is 7.96. The Labute approximate surface area is 110 Å². The maximum absolute atomic E-state index is 11.1. The number of nitrogens with two attached hydrogens (primary N) is 1. The fourth-order valence-corrected chi connectivity index (χ4v) is 1.91. The summed E-state index contributed by atoms with van der Waals surface area (Å²) in [6.07, 6.45) is 2.47. The van der Waals surface area contributed by atoms with Crippen LogP contribution in [0.2, 0.25) is 0 Å². The molecule has 1 aromatic heterocycles. The van der Waals surface area contributed by atoms with Gasteiger partial charge in [-0.15, -0.1) is 0 Å². The number of hydrogen-bond acceptors (Lipinski definition) is 4. The molecule has 6 nitrogen and oxygen atoms in total. The molecule has 0 amide bonds. The van der Waals surface area contributed by atoms with Crippen LogP contribution in [0, 0.1) is 0 Å². The Morgan fingerprint density at radius 1 is 1.47 bits per heavy atom. The molecule has 0 unspecified atom stereocenters. The highest BCUT2D eigenvalue weighted by Crippen LogP contribution is 2.23. The zero-order valence-corrected chi connectivity index (χ0v) is 10.6. The van der Waals surface area contributed by atoms with E-state index in [9.17, 15) is 4.79 Å². The molecule has 2 rings (SSSR count). The van der Waals surface area contributed by atoms with E-state index < -0.39 is 5.97 Å². The first-order valence-corrected chi connectivity index (χ1v) is 5.92. The maximum atomic E-state index is 11.1. The normalized spacial score (nSPS) is 10.4. The molecule has 0 aliphatic carbocycles. The second kappa shape index (κ2) is 5.43. The van der Waals surface area contributed by atoms with E-state index in [1.807, 2.05) is 13.1 Å². The minimum atomic E-state index is -0.990. The van der Waals surface area contributed by atoms with Crippen molar-refractivity contribution in [2.75, 3.05) is 17.6 Å². The van der Waals surface area contributed by atoms with Gasteiger partial charge in [0.15, 0.2) is 0 Å². The fourth-order valence-electron chi connectivity index (χ4n) is 1.91. The number of anilines is 2. The lowest BCUT2D eigenvalue weighted by molar-refractivity contribution is 0.0698. The summed E-state index contributed by atoms with van der Waals surface area (Å²) in [5, 5.41) is 16.3. The summed E-state index contributed by atoms with van der Waals surface area (Å²) >= 11 is 0. The SMILES string of the molecule is Cn1nccc1CCNc1c(N)cccc1C(=O)O. The number of nitrogens with zero attached hydrogens (tertiary/aromatic N) is 2. The molecule has 0 aliphatic heterocycles. The fraction of sp³-hybridized carbons (Fsp3) is 0.231. The van der Waals surface area contributed by atoms with E-state index in [4.69, 9.17) is 10.8 Å². The molecule has 4 N–H and O–H groups in total. The third-order valence-corrected chi connectivity index (χ3v) is 2.93. The molecule has 0 saturated heterocycles. The first-order valence-electron chi connectivity index (χ1n) is 5.92. The van der Waals surface area contributed by atoms with Crippen molar-refractivity contribution in [1.29, 1.82) is 0 Å². The van der Waals surface area contributed by atoms with E-state index in [1.165, 1.54) is 6.07 Å². The molecule has 1 heterocycles. The van der Waals surface area contributed by atoms with Crippen LogP contribution in [0.5, 0.6) is 0 Å². The van der Waals surface area contributed by atoms with Crippen LogP contribution in [-0.2, 0) is 13.5 Å². The number of carboxylic acid groups (broad SMARTS) is 1. The molecular weight excluding hydrogens is 244 g/mol. The first kappa shape index (κ1) is 12.9. The quantitative estimate of drug-likeness (QED) is 0.706. The zero-order valence-electron chi connectivity index (χ0n) is 10.6. The number of aryl methyl sites for hydroxylation is 1. The van der Waals surface area contributed by atoms with E-state index in [0.29, 0.717) is 17.9 Å². The van der Waals surface area contributed by atoms with Crippen LogP contribution in [0.15, 0.2) is 30.5 Å². The number of nitrogens with one attached hydrogen (secondary N) is 1. The molecule has 0 aliphatic rings. The molecular formula is C13H16N4O2. The van der Waals surface area contributed by atoms with Crippen molar-refractivity contribution in [3.05, 3.63) is 41.7 Å². The molecule has 0 atom stereocenters. The molecule has 0 saturated carbocycles. The molecule has 0 spiro atoms. The Morgan fingerprint density at radius 2 is 2.26 bits per heavy atom. The molecule has 19 heavy (non-hydrogen) atoms. The lowest BCUT2D eigenvalue weighted by atomic mass is 10.1. The lowest BCUT2D eigenvalue weighted by Gasteiger charge is -2.12. The average molecular weight is 260 g/mol. The van der Waals surface area contributed by atoms with Gasteiger partial charge in [0.2, 0.25) is 0 Å². The number of rotatable bonds is 5. The van der Waals surface area contributed by atoms with Gasteiger partial charge in [0.05, 0.1) is 16.9 Å². The summed E-state index contributed by atoms with van der Waals surface area (Å²) in [5.74, 6) is -0.990. The van der Waals surface area contributed by atoms with Crippen LogP contribution in [-0.4, -0.2) is 27.4 Å². The number of para-hydroxylation sites is 1. The van der Waals surface area contributed by atoms with Gasteiger partial charge in [0.1, 0.15) is 0 Å². The van der Waals surface area contributed by atoms with Crippen LogP contribution in [0.1, 0.15) is 16.1 Å². The summed E-state index contributed by atoms with van der Waals surface area (Å²) in [6.45, 7) is 0.591. The van der Waals surface area contributed by atoms with Gasteiger partial charge in [-0.2, -0.15) is 5.10 Å². The maximum Gasteiger partial charge on any atom is 0.337 e. The average Bonchev–Trinajstić information content (AvgIpc) is 2.77. The van der Waals surface area contributed by atoms with E-state index in [1.54, 1.807) is 23.0 Å². The molecule has 0 fully saturated rings. The van der Waals surface area contributed by atoms with E-state index in [0.717, 1.165) is 12.1 Å². The van der Waals surface area contributed by atoms with Crippen molar-refractivity contribution >= 4 is 17.3 Å². The van der Waals surface area contributed by atoms with Gasteiger partial charge in [-0.05, 0) is 18.2 Å². The Morgan fingerprint density at radius 3 is 2.89 bits per heavy atom. The van der Waals surface area contributed by atoms with Crippen molar-refractivity contribution in [3.63, 3.8) is 0 Å². The van der Waals surface area contributed by atoms with Crippen molar-refractivity contribution in [2.45, 2.75) is 6.42 Å². The van der Waals surface area contributed by atoms with E-state index in [2.05, 4.69) is 10.4 Å². The zero-order chi connectivity index (χ0) is 13.8. The number of aromatic nitrogens is 2. The topological polar surface area (TPSA) is 93.2 Å². The van der Waals surface area contributed by atoms with Gasteiger partial charge in [-0.3, -0.25) is 4.68 Å². The van der Waals surface area contributed by atoms with Crippen LogP contribution in [0.3, 0.4) is 0 Å². The molecule has 2 aromatic rings. The Hall–Kier alpha value is -2.50. The van der Waals surface area contributed by atoms with Gasteiger partial charge >= 0.3 is 5.97 Å². The number of hydrogen-bond donors (Lipinski definition) is 3. The highest BCUT2D eigenvalue weighted by Gasteiger charge is 2.12. The van der Waals surface area contributed by atoms with Gasteiger partial charge in [0.25, 0.3) is 0 Å². The monoisotopic (exact) mass is 260 g/mol. The van der Waals surface area contributed by atoms with E-state index in [-0.39, 0.29) is 5.56 Å². The van der Waals surface area contributed by atoms with Gasteiger partial charge in [-0.25, -0.2) is 4.79 Å². The molecule has 100 valence electrons. The van der Waals surface area contributed by atoms with Crippen LogP contribution < -0.4 is 11.1 Å². The predicted molar refractivity (Wildman–Crippen MR) is 73.2 cm³/mol. The summed E-state index contributed by atoms with van der Waals surface area (Å²) < 4.78 is 1.79. The second-order valence-electron chi connectivity index (χ2n) is 4.20. The van der Waals surface area contributed by atoms with Gasteiger partial charge in [-0.1, -0.05) is 6.07 Å². The van der Waals surface area contributed by atoms with Crippen molar-refractivity contribution in [2.24, 2.45) is 7.05 Å². The van der Waals surface area contributed by atoms with Crippen molar-refractivity contribution in [3.8, 4) is 0 Å². The number of aromatic carboxylic acids is 1. The van der Waals surface area contributed by atoms with Crippen LogP contribution in [0.25, 0.3) is 0 Å². The predicted octanol–water partition coefficient (Wildman–Crippen LogP) is 1.36. The Balaban J connectivity index is 2.07. The van der Waals surface area contributed by atoms with Gasteiger partial charge in [0, 0.05) is 31.9 Å². The second-order valence-corrected chi connectivity index (χ2v) is 4.20. The number of carboxylic acids is 1. The minimum absolute atomic E-state index is 0.185. The van der Waals surface area contributed by atoms with Gasteiger partial charge < -0.3 is 16.2 Å². The summed E-state index contributed by atoms with van der Waals surface area (Å²) in [7, 11) is 1.87. The summed E-state index contributed by atoms with van der Waals surface area (Å²) in [4.78, 5) is 11.1. The Bertz CT molecular complexity index is 592. The molecule has 0 radical (unpaired) electrons. The highest BCUT2D eigenvalue weighted by atomic mass is 16.4. The lowest BCUT2D eigenvalue weighted by Crippen LogP contribution is -2.13. The molecule has 0 bridgehead atoms. The highest BCUT2D eigenvalue weighted by molar-refractivity contribution is 5.97. The van der Waals surface area contributed by atoms with Crippen molar-refractivity contribution in [1.82, 2.24) is 9.78 Å². The smallest absolute Gasteiger partial charge is 0.337 e. The van der Waals surface area contributed by atoms with Crippen molar-refractivity contribution < 1.29 is 9.90 Å². The number of carbonyl (C=O) groups is 1. The Kier molecular flexibility index (Phi) is 3.70. The number of nitrogen functional groups attached to an aromatic ring is 1. The first-order chi connectivity index (χ1) is 9.09. The number of benzene rings is 1. The minimum Gasteiger partial charge on any atom is -0.478 e. The third-order valence-electron chi connectivity index (χ3n) is 2.93. The molecule has 1 aromatic carbocycles. The standard InChI is InChI=1S/C13H16N4O2/c1-17-9(6-8-16-17)5-7-15-12-10(13(18)19)3-2-4-11(12)14/h2-4,6,8,15H,5,7,14H2,1H3,(H,18,19). The summed E-state index contributed by atoms with van der Waals surface area (Å²) in [6, 6.07) is 6.77. The van der Waals surface area contributed by atoms with Crippen LogP contribution in [0.4, 0.5) is 11.4 Å². The molecule has 6 heteroatoms.